The van der Waals surface area contributed by atoms with Crippen molar-refractivity contribution in [3.63, 3.8) is 0 Å². The first-order chi connectivity index (χ1) is 6.35. The van der Waals surface area contributed by atoms with Crippen LogP contribution in [0.2, 0.25) is 0 Å². The van der Waals surface area contributed by atoms with Gasteiger partial charge in [0, 0.05) is 11.8 Å². The van der Waals surface area contributed by atoms with Crippen molar-refractivity contribution in [3.05, 3.63) is 0 Å². The van der Waals surface area contributed by atoms with Gasteiger partial charge in [0.25, 0.3) is 10.1 Å². The van der Waals surface area contributed by atoms with E-state index in [0.29, 0.717) is 12.8 Å². The monoisotopic (exact) mass is 216 g/mol. The van der Waals surface area contributed by atoms with Gasteiger partial charge in [-0.1, -0.05) is 6.92 Å². The fraction of sp³-hybridized carbons (Fsp3) is 0.889. The summed E-state index contributed by atoms with van der Waals surface area (Å²) in [6, 6.07) is 0. The van der Waals surface area contributed by atoms with Crippen LogP contribution >= 0.6 is 0 Å². The first-order valence-electron chi connectivity index (χ1n) is 4.85. The molecule has 0 saturated heterocycles. The second kappa shape index (κ2) is 1.93. The average molecular weight is 216 g/mol. The van der Waals surface area contributed by atoms with Crippen molar-refractivity contribution in [2.75, 3.05) is 0 Å². The predicted molar refractivity (Wildman–Crippen MR) is 48.2 cm³/mol. The maximum Gasteiger partial charge on any atom is 0.269 e. The summed E-state index contributed by atoms with van der Waals surface area (Å²) in [7, 11) is -4.04. The fourth-order valence-electron chi connectivity index (χ4n) is 4.22. The molecule has 3 fully saturated rings. The molecule has 0 spiro atoms. The van der Waals surface area contributed by atoms with Crippen LogP contribution in [0, 0.1) is 16.7 Å². The van der Waals surface area contributed by atoms with Gasteiger partial charge in [0.15, 0.2) is 0 Å². The number of rotatable bonds is 1. The molecule has 0 amide bonds. The van der Waals surface area contributed by atoms with Gasteiger partial charge in [0.2, 0.25) is 0 Å². The Morgan fingerprint density at radius 1 is 1.50 bits per heavy atom. The van der Waals surface area contributed by atoms with Crippen molar-refractivity contribution < 1.29 is 17.8 Å². The van der Waals surface area contributed by atoms with E-state index in [-0.39, 0.29) is 11.7 Å². The SMILES string of the molecule is CC12C(S(=O)(=O)O)[C@]13CC[C@H]2CC3=O. The lowest BCUT2D eigenvalue weighted by Gasteiger charge is -2.21. The fourth-order valence-corrected chi connectivity index (χ4v) is 6.19. The second-order valence-electron chi connectivity index (χ2n) is 5.01. The number of carbonyl (C=O) groups is 1. The average Bonchev–Trinajstić information content (AvgIpc) is 2.41. The van der Waals surface area contributed by atoms with Crippen LogP contribution in [0.1, 0.15) is 26.2 Å². The van der Waals surface area contributed by atoms with Crippen LogP contribution in [0.25, 0.3) is 0 Å². The Morgan fingerprint density at radius 3 is 2.43 bits per heavy atom. The Labute approximate surface area is 82.4 Å². The van der Waals surface area contributed by atoms with E-state index in [9.17, 15) is 13.2 Å². The molecule has 2 unspecified atom stereocenters. The zero-order valence-electron chi connectivity index (χ0n) is 7.86. The van der Waals surface area contributed by atoms with Gasteiger partial charge < -0.3 is 0 Å². The lowest BCUT2D eigenvalue weighted by Crippen LogP contribution is -2.29. The molecule has 2 bridgehead atoms. The van der Waals surface area contributed by atoms with Crippen LogP contribution in [-0.2, 0) is 14.9 Å². The first kappa shape index (κ1) is 8.85. The van der Waals surface area contributed by atoms with Crippen molar-refractivity contribution >= 4 is 15.9 Å². The summed E-state index contributed by atoms with van der Waals surface area (Å²) in [4.78, 5) is 11.7. The summed E-state index contributed by atoms with van der Waals surface area (Å²) in [6.45, 7) is 1.84. The van der Waals surface area contributed by atoms with Crippen molar-refractivity contribution in [3.8, 4) is 0 Å². The molecule has 3 aliphatic rings. The molecule has 0 aliphatic heterocycles. The normalized spacial score (nSPS) is 54.9. The maximum atomic E-state index is 11.7. The minimum atomic E-state index is -4.04. The number of ketones is 1. The molecular weight excluding hydrogens is 204 g/mol. The summed E-state index contributed by atoms with van der Waals surface area (Å²) in [5.74, 6) is 0.237. The third-order valence-corrected chi connectivity index (χ3v) is 6.32. The second-order valence-corrected chi connectivity index (χ2v) is 6.51. The van der Waals surface area contributed by atoms with E-state index in [1.807, 2.05) is 6.92 Å². The highest BCUT2D eigenvalue weighted by Gasteiger charge is 2.89. The Morgan fingerprint density at radius 2 is 2.14 bits per heavy atom. The summed E-state index contributed by atoms with van der Waals surface area (Å²) in [6.07, 6.45) is 2.11. The number of hydrogen-bond donors (Lipinski definition) is 1. The highest BCUT2D eigenvalue weighted by molar-refractivity contribution is 7.87. The zero-order chi connectivity index (χ0) is 10.4. The molecule has 3 aliphatic carbocycles. The third kappa shape index (κ3) is 0.597. The molecule has 1 N–H and O–H groups in total. The lowest BCUT2D eigenvalue weighted by atomic mass is 9.87. The van der Waals surface area contributed by atoms with Crippen LogP contribution in [-0.4, -0.2) is 24.0 Å². The molecule has 78 valence electrons. The highest BCUT2D eigenvalue weighted by atomic mass is 32.2. The maximum absolute atomic E-state index is 11.7. The smallest absolute Gasteiger partial charge is 0.269 e. The Bertz CT molecular complexity index is 440. The largest absolute Gasteiger partial charge is 0.299 e. The van der Waals surface area contributed by atoms with Gasteiger partial charge in [-0.25, -0.2) is 0 Å². The van der Waals surface area contributed by atoms with Gasteiger partial charge in [-0.05, 0) is 18.8 Å². The first-order valence-corrected chi connectivity index (χ1v) is 6.35. The van der Waals surface area contributed by atoms with E-state index in [0.717, 1.165) is 6.42 Å². The predicted octanol–water partition coefficient (Wildman–Crippen LogP) is 0.632. The number of Topliss-reactive ketones (excluding diaryl/α,β-unsaturated/α-hetero) is 1. The molecule has 3 rings (SSSR count). The minimum absolute atomic E-state index is 0.0545. The summed E-state index contributed by atoms with van der Waals surface area (Å²) in [5.41, 5.74) is -1.15. The molecule has 0 aromatic heterocycles. The summed E-state index contributed by atoms with van der Waals surface area (Å²) >= 11 is 0. The van der Waals surface area contributed by atoms with Crippen LogP contribution < -0.4 is 0 Å². The van der Waals surface area contributed by atoms with Crippen molar-refractivity contribution in [1.82, 2.24) is 0 Å². The van der Waals surface area contributed by atoms with Crippen LogP contribution in [0.4, 0.5) is 0 Å². The topological polar surface area (TPSA) is 71.4 Å². The van der Waals surface area contributed by atoms with Gasteiger partial charge in [0.1, 0.15) is 11.0 Å². The molecule has 14 heavy (non-hydrogen) atoms. The van der Waals surface area contributed by atoms with E-state index < -0.39 is 26.2 Å². The Hall–Kier alpha value is -0.420. The molecule has 0 heterocycles. The molecule has 0 radical (unpaired) electrons. The highest BCUT2D eigenvalue weighted by Crippen LogP contribution is 2.82. The van der Waals surface area contributed by atoms with Crippen LogP contribution in [0.3, 0.4) is 0 Å². The van der Waals surface area contributed by atoms with Gasteiger partial charge in [-0.15, -0.1) is 0 Å². The quantitative estimate of drug-likeness (QED) is 0.653. The molecule has 0 aromatic rings. The van der Waals surface area contributed by atoms with Gasteiger partial charge in [-0.3, -0.25) is 9.35 Å². The molecule has 4 nitrogen and oxygen atoms in total. The standard InChI is InChI=1S/C9H12O4S/c1-8-5-2-3-9(8,6(10)4-5)7(8)14(11,12)13/h5,7H,2-4H2,1H3,(H,11,12,13)/t5-,7?,8?,9+/m0/s1. The van der Waals surface area contributed by atoms with Crippen LogP contribution in [0.5, 0.6) is 0 Å². The Kier molecular flexibility index (Phi) is 1.22. The Balaban J connectivity index is 2.16. The van der Waals surface area contributed by atoms with Crippen molar-refractivity contribution in [1.29, 1.82) is 0 Å². The van der Waals surface area contributed by atoms with Gasteiger partial charge >= 0.3 is 0 Å². The van der Waals surface area contributed by atoms with E-state index in [1.54, 1.807) is 0 Å². The molecule has 5 heteroatoms. The minimum Gasteiger partial charge on any atom is -0.299 e. The summed E-state index contributed by atoms with van der Waals surface area (Å²) < 4.78 is 31.4. The molecular formula is C9H12O4S. The van der Waals surface area contributed by atoms with E-state index in [2.05, 4.69) is 0 Å². The molecule has 0 aromatic carbocycles. The van der Waals surface area contributed by atoms with Crippen molar-refractivity contribution in [2.45, 2.75) is 31.4 Å². The zero-order valence-corrected chi connectivity index (χ0v) is 8.67. The number of carbonyl (C=O) groups excluding carboxylic acids is 1. The summed E-state index contributed by atoms with van der Waals surface area (Å²) in [5, 5.41) is -0.803. The lowest BCUT2D eigenvalue weighted by molar-refractivity contribution is -0.124. The van der Waals surface area contributed by atoms with E-state index >= 15 is 0 Å². The molecule has 3 saturated carbocycles. The third-order valence-electron chi connectivity index (χ3n) is 4.83. The van der Waals surface area contributed by atoms with Gasteiger partial charge in [0.05, 0.1) is 5.41 Å². The van der Waals surface area contributed by atoms with E-state index in [4.69, 9.17) is 4.55 Å². The molecule has 4 atom stereocenters. The van der Waals surface area contributed by atoms with Gasteiger partial charge in [-0.2, -0.15) is 8.42 Å². The van der Waals surface area contributed by atoms with Crippen molar-refractivity contribution in [2.24, 2.45) is 16.7 Å². The van der Waals surface area contributed by atoms with E-state index in [1.165, 1.54) is 0 Å². The number of hydrogen-bond acceptors (Lipinski definition) is 3. The van der Waals surface area contributed by atoms with Crippen LogP contribution in [0.15, 0.2) is 0 Å².